The van der Waals surface area contributed by atoms with Crippen LogP contribution in [0.25, 0.3) is 6.08 Å². The van der Waals surface area contributed by atoms with Crippen LogP contribution in [0.15, 0.2) is 64.6 Å². The first-order valence-electron chi connectivity index (χ1n) is 11.1. The van der Waals surface area contributed by atoms with Crippen molar-refractivity contribution in [3.63, 3.8) is 0 Å². The van der Waals surface area contributed by atoms with Gasteiger partial charge in [-0.15, -0.1) is 0 Å². The van der Waals surface area contributed by atoms with E-state index in [1.54, 1.807) is 18.2 Å². The molecule has 1 aliphatic heterocycles. The highest BCUT2D eigenvalue weighted by molar-refractivity contribution is 9.10. The fourth-order valence-corrected chi connectivity index (χ4v) is 4.19. The SMILES string of the molecule is Cc1ccc(C)c(N2C(=O)NC(=O)/C(=C\c3cc(Br)ccc3OCc3ccc(C)c(C)c3)C2=O)c1. The minimum Gasteiger partial charge on any atom is -0.488 e. The van der Waals surface area contributed by atoms with Crippen LogP contribution in [0.5, 0.6) is 5.75 Å². The molecule has 0 bridgehead atoms. The van der Waals surface area contributed by atoms with Crippen LogP contribution in [0.2, 0.25) is 0 Å². The van der Waals surface area contributed by atoms with Crippen molar-refractivity contribution in [2.75, 3.05) is 4.90 Å². The minimum atomic E-state index is -0.772. The Morgan fingerprint density at radius 3 is 2.37 bits per heavy atom. The smallest absolute Gasteiger partial charge is 0.335 e. The molecular weight excluding hydrogens is 508 g/mol. The summed E-state index contributed by atoms with van der Waals surface area (Å²) in [6.07, 6.45) is 1.46. The zero-order valence-electron chi connectivity index (χ0n) is 19.9. The van der Waals surface area contributed by atoms with Crippen molar-refractivity contribution in [1.82, 2.24) is 5.32 Å². The highest BCUT2D eigenvalue weighted by Gasteiger charge is 2.37. The van der Waals surface area contributed by atoms with E-state index in [2.05, 4.69) is 34.2 Å². The number of anilines is 1. The molecule has 0 unspecified atom stereocenters. The highest BCUT2D eigenvalue weighted by atomic mass is 79.9. The molecule has 1 aliphatic rings. The summed E-state index contributed by atoms with van der Waals surface area (Å²) in [6, 6.07) is 16.2. The number of carbonyl (C=O) groups is 3. The molecule has 0 spiro atoms. The third-order valence-corrected chi connectivity index (χ3v) is 6.44. The Morgan fingerprint density at radius 2 is 1.63 bits per heavy atom. The Morgan fingerprint density at radius 1 is 0.886 bits per heavy atom. The standard InChI is InChI=1S/C28H25BrN2O4/c1-16-5-6-18(3)24(11-16)31-27(33)23(26(32)30-28(31)34)14-21-13-22(29)9-10-25(21)35-15-20-8-7-17(2)19(4)12-20/h5-14H,15H2,1-4H3,(H,30,32,34)/b23-14+. The van der Waals surface area contributed by atoms with Gasteiger partial charge in [-0.3, -0.25) is 14.9 Å². The van der Waals surface area contributed by atoms with Gasteiger partial charge in [0.05, 0.1) is 5.69 Å². The van der Waals surface area contributed by atoms with Gasteiger partial charge in [-0.1, -0.05) is 46.3 Å². The van der Waals surface area contributed by atoms with E-state index >= 15 is 0 Å². The number of barbiturate groups is 1. The molecule has 0 aliphatic carbocycles. The van der Waals surface area contributed by atoms with E-state index in [0.29, 0.717) is 23.6 Å². The zero-order chi connectivity index (χ0) is 25.3. The first-order valence-corrected chi connectivity index (χ1v) is 11.9. The van der Waals surface area contributed by atoms with Crippen LogP contribution >= 0.6 is 15.9 Å². The van der Waals surface area contributed by atoms with Crippen molar-refractivity contribution >= 4 is 45.5 Å². The number of benzene rings is 3. The maximum absolute atomic E-state index is 13.4. The van der Waals surface area contributed by atoms with Gasteiger partial charge in [0.25, 0.3) is 11.8 Å². The van der Waals surface area contributed by atoms with Crippen molar-refractivity contribution < 1.29 is 19.1 Å². The number of ether oxygens (including phenoxy) is 1. The number of imide groups is 2. The zero-order valence-corrected chi connectivity index (χ0v) is 21.5. The number of hydrogen-bond donors (Lipinski definition) is 1. The lowest BCUT2D eigenvalue weighted by Crippen LogP contribution is -2.54. The number of carbonyl (C=O) groups excluding carboxylic acids is 3. The number of rotatable bonds is 5. The molecule has 3 aromatic rings. The second kappa shape index (κ2) is 9.88. The average molecular weight is 533 g/mol. The molecule has 4 amide bonds. The molecule has 1 heterocycles. The van der Waals surface area contributed by atoms with Crippen molar-refractivity contribution in [3.05, 3.63) is 98.0 Å². The Hall–Kier alpha value is -3.71. The molecule has 3 aromatic carbocycles. The summed E-state index contributed by atoms with van der Waals surface area (Å²) in [5.41, 5.74) is 5.84. The first-order chi connectivity index (χ1) is 16.6. The highest BCUT2D eigenvalue weighted by Crippen LogP contribution is 2.30. The average Bonchev–Trinajstić information content (AvgIpc) is 2.80. The fraction of sp³-hybridized carbons (Fsp3) is 0.179. The van der Waals surface area contributed by atoms with Crippen LogP contribution in [0.4, 0.5) is 10.5 Å². The molecule has 7 heteroatoms. The Labute approximate surface area is 212 Å². The number of urea groups is 1. The molecule has 0 saturated carbocycles. The van der Waals surface area contributed by atoms with Gasteiger partial charge in [-0.2, -0.15) is 0 Å². The Balaban J connectivity index is 1.69. The lowest BCUT2D eigenvalue weighted by Gasteiger charge is -2.28. The molecule has 6 nitrogen and oxygen atoms in total. The van der Waals surface area contributed by atoms with Gasteiger partial charge in [-0.05, 0) is 85.9 Å². The van der Waals surface area contributed by atoms with Gasteiger partial charge < -0.3 is 4.74 Å². The van der Waals surface area contributed by atoms with E-state index in [1.807, 2.05) is 51.1 Å². The summed E-state index contributed by atoms with van der Waals surface area (Å²) in [6.45, 7) is 8.11. The topological polar surface area (TPSA) is 75.7 Å². The van der Waals surface area contributed by atoms with Crippen LogP contribution in [-0.4, -0.2) is 17.8 Å². The number of nitrogens with zero attached hydrogens (tertiary/aromatic N) is 1. The van der Waals surface area contributed by atoms with E-state index in [4.69, 9.17) is 4.74 Å². The number of amides is 4. The Kier molecular flexibility index (Phi) is 6.89. The normalized spacial score (nSPS) is 14.9. The van der Waals surface area contributed by atoms with E-state index in [-0.39, 0.29) is 5.57 Å². The molecule has 178 valence electrons. The monoisotopic (exact) mass is 532 g/mol. The largest absolute Gasteiger partial charge is 0.488 e. The van der Waals surface area contributed by atoms with Crippen LogP contribution in [0.3, 0.4) is 0 Å². The van der Waals surface area contributed by atoms with Crippen LogP contribution < -0.4 is 15.0 Å². The third kappa shape index (κ3) is 5.20. The van der Waals surface area contributed by atoms with Gasteiger partial charge in [0.2, 0.25) is 0 Å². The molecule has 0 atom stereocenters. The number of halogens is 1. The third-order valence-electron chi connectivity index (χ3n) is 5.94. The summed E-state index contributed by atoms with van der Waals surface area (Å²) >= 11 is 3.45. The molecule has 1 N–H and O–H groups in total. The predicted molar refractivity (Wildman–Crippen MR) is 139 cm³/mol. The van der Waals surface area contributed by atoms with Crippen molar-refractivity contribution in [2.45, 2.75) is 34.3 Å². The lowest BCUT2D eigenvalue weighted by molar-refractivity contribution is -0.122. The summed E-state index contributed by atoms with van der Waals surface area (Å²) in [4.78, 5) is 39.7. The second-order valence-electron chi connectivity index (χ2n) is 8.64. The van der Waals surface area contributed by atoms with Gasteiger partial charge in [0.15, 0.2) is 0 Å². The summed E-state index contributed by atoms with van der Waals surface area (Å²) in [5, 5.41) is 2.29. The van der Waals surface area contributed by atoms with Crippen LogP contribution in [0, 0.1) is 27.7 Å². The van der Waals surface area contributed by atoms with E-state index < -0.39 is 17.8 Å². The predicted octanol–water partition coefficient (Wildman–Crippen LogP) is 5.93. The molecule has 1 saturated heterocycles. The molecule has 35 heavy (non-hydrogen) atoms. The molecule has 0 aromatic heterocycles. The Bertz CT molecular complexity index is 1390. The second-order valence-corrected chi connectivity index (χ2v) is 9.55. The summed E-state index contributed by atoms with van der Waals surface area (Å²) in [5.74, 6) is -0.927. The van der Waals surface area contributed by atoms with Crippen LogP contribution in [0.1, 0.15) is 33.4 Å². The number of aryl methyl sites for hydroxylation is 4. The van der Waals surface area contributed by atoms with Gasteiger partial charge in [-0.25, -0.2) is 9.69 Å². The van der Waals surface area contributed by atoms with E-state index in [9.17, 15) is 14.4 Å². The maximum atomic E-state index is 13.4. The lowest BCUT2D eigenvalue weighted by atomic mass is 10.0. The fourth-order valence-electron chi connectivity index (χ4n) is 3.81. The van der Waals surface area contributed by atoms with Gasteiger partial charge in [0.1, 0.15) is 17.9 Å². The first kappa shape index (κ1) is 24.4. The van der Waals surface area contributed by atoms with Crippen molar-refractivity contribution in [2.24, 2.45) is 0 Å². The van der Waals surface area contributed by atoms with Crippen molar-refractivity contribution in [1.29, 1.82) is 0 Å². The van der Waals surface area contributed by atoms with Gasteiger partial charge in [0, 0.05) is 10.0 Å². The molecule has 0 radical (unpaired) electrons. The molecule has 1 fully saturated rings. The number of hydrogen-bond acceptors (Lipinski definition) is 4. The van der Waals surface area contributed by atoms with Crippen molar-refractivity contribution in [3.8, 4) is 5.75 Å². The summed E-state index contributed by atoms with van der Waals surface area (Å²) in [7, 11) is 0. The maximum Gasteiger partial charge on any atom is 0.335 e. The number of nitrogens with one attached hydrogen (secondary N) is 1. The molecule has 4 rings (SSSR count). The minimum absolute atomic E-state index is 0.153. The quantitative estimate of drug-likeness (QED) is 0.326. The van der Waals surface area contributed by atoms with E-state index in [0.717, 1.165) is 26.1 Å². The molecular formula is C28H25BrN2O4. The van der Waals surface area contributed by atoms with Crippen LogP contribution in [-0.2, 0) is 16.2 Å². The summed E-state index contributed by atoms with van der Waals surface area (Å²) < 4.78 is 6.82. The van der Waals surface area contributed by atoms with E-state index in [1.165, 1.54) is 17.2 Å². The van der Waals surface area contributed by atoms with Gasteiger partial charge >= 0.3 is 6.03 Å².